The molecule has 1 heterocycles. The summed E-state index contributed by atoms with van der Waals surface area (Å²) in [5.41, 5.74) is -0.424. The number of carbonyl (C=O) groups excluding carboxylic acids is 1. The number of benzene rings is 1. The number of alkyl halides is 3. The molecule has 24 heavy (non-hydrogen) atoms. The van der Waals surface area contributed by atoms with Crippen molar-refractivity contribution in [1.29, 1.82) is 0 Å². The minimum atomic E-state index is -4.41. The van der Waals surface area contributed by atoms with Crippen LogP contribution in [-0.4, -0.2) is 35.3 Å². The fourth-order valence-corrected chi connectivity index (χ4v) is 1.80. The third-order valence-corrected chi connectivity index (χ3v) is 3.05. The fraction of sp³-hybridized carbons (Fsp3) is 0.250. The highest BCUT2D eigenvalue weighted by molar-refractivity contribution is 5.93. The Morgan fingerprint density at radius 3 is 2.54 bits per heavy atom. The molecule has 0 bridgehead atoms. The zero-order valence-corrected chi connectivity index (χ0v) is 12.5. The van der Waals surface area contributed by atoms with Crippen LogP contribution in [0.1, 0.15) is 15.9 Å². The summed E-state index contributed by atoms with van der Waals surface area (Å²) in [5.74, 6) is -0.197. The maximum atomic E-state index is 12.4. The number of nitrogens with one attached hydrogen (secondary N) is 1. The van der Waals surface area contributed by atoms with Gasteiger partial charge in [-0.2, -0.15) is 13.2 Å². The van der Waals surface area contributed by atoms with E-state index in [0.717, 1.165) is 12.1 Å². The van der Waals surface area contributed by atoms with Gasteiger partial charge >= 0.3 is 6.18 Å². The largest absolute Gasteiger partial charge is 0.491 e. The SMILES string of the molecule is O=C(NC[C@@H](O)COc1ccc(C(F)(F)F)cc1)c1cccnc1. The van der Waals surface area contributed by atoms with Gasteiger partial charge in [0.15, 0.2) is 0 Å². The highest BCUT2D eigenvalue weighted by Crippen LogP contribution is 2.30. The first-order valence-electron chi connectivity index (χ1n) is 7.02. The summed E-state index contributed by atoms with van der Waals surface area (Å²) >= 11 is 0. The van der Waals surface area contributed by atoms with Crippen LogP contribution in [0.3, 0.4) is 0 Å². The average molecular weight is 340 g/mol. The van der Waals surface area contributed by atoms with Crippen molar-refractivity contribution in [2.75, 3.05) is 13.2 Å². The van der Waals surface area contributed by atoms with Gasteiger partial charge in [0.1, 0.15) is 18.5 Å². The zero-order valence-electron chi connectivity index (χ0n) is 12.5. The van der Waals surface area contributed by atoms with Crippen molar-refractivity contribution in [2.45, 2.75) is 12.3 Å². The first-order valence-corrected chi connectivity index (χ1v) is 7.02. The quantitative estimate of drug-likeness (QED) is 0.846. The van der Waals surface area contributed by atoms with Gasteiger partial charge in [0, 0.05) is 18.9 Å². The van der Waals surface area contributed by atoms with Gasteiger partial charge in [0.05, 0.1) is 11.1 Å². The summed E-state index contributed by atoms with van der Waals surface area (Å²) in [4.78, 5) is 15.6. The van der Waals surface area contributed by atoms with Crippen LogP contribution < -0.4 is 10.1 Å². The second-order valence-electron chi connectivity index (χ2n) is 4.94. The van der Waals surface area contributed by atoms with E-state index in [2.05, 4.69) is 10.3 Å². The van der Waals surface area contributed by atoms with E-state index in [1.54, 1.807) is 12.1 Å². The molecule has 0 spiro atoms. The van der Waals surface area contributed by atoms with Gasteiger partial charge in [-0.05, 0) is 36.4 Å². The first-order chi connectivity index (χ1) is 11.4. The maximum absolute atomic E-state index is 12.4. The summed E-state index contributed by atoms with van der Waals surface area (Å²) in [6, 6.07) is 7.32. The molecule has 1 aromatic carbocycles. The van der Waals surface area contributed by atoms with E-state index in [-0.39, 0.29) is 18.9 Å². The number of ether oxygens (including phenoxy) is 1. The molecule has 0 fully saturated rings. The van der Waals surface area contributed by atoms with Gasteiger partial charge in [0.25, 0.3) is 5.91 Å². The molecule has 0 radical (unpaired) electrons. The van der Waals surface area contributed by atoms with Gasteiger partial charge in [-0.3, -0.25) is 9.78 Å². The maximum Gasteiger partial charge on any atom is 0.416 e. The number of hydrogen-bond donors (Lipinski definition) is 2. The normalized spacial score (nSPS) is 12.5. The van der Waals surface area contributed by atoms with Crippen LogP contribution in [0.4, 0.5) is 13.2 Å². The molecule has 1 atom stereocenters. The number of amides is 1. The lowest BCUT2D eigenvalue weighted by atomic mass is 10.2. The van der Waals surface area contributed by atoms with Crippen molar-refractivity contribution in [3.05, 3.63) is 59.9 Å². The zero-order chi connectivity index (χ0) is 17.6. The summed E-state index contributed by atoms with van der Waals surface area (Å²) < 4.78 is 42.5. The molecular weight excluding hydrogens is 325 g/mol. The lowest BCUT2D eigenvalue weighted by Crippen LogP contribution is -2.35. The van der Waals surface area contributed by atoms with Gasteiger partial charge in [-0.25, -0.2) is 0 Å². The van der Waals surface area contributed by atoms with Gasteiger partial charge < -0.3 is 15.2 Å². The Hall–Kier alpha value is -2.61. The van der Waals surface area contributed by atoms with Gasteiger partial charge in [-0.15, -0.1) is 0 Å². The molecule has 2 rings (SSSR count). The summed E-state index contributed by atoms with van der Waals surface area (Å²) in [5, 5.41) is 12.3. The van der Waals surface area contributed by atoms with Crippen LogP contribution >= 0.6 is 0 Å². The standard InChI is InChI=1S/C16H15F3N2O3/c17-16(18,19)12-3-5-14(6-4-12)24-10-13(22)9-21-15(23)11-2-1-7-20-8-11/h1-8,13,22H,9-10H2,(H,21,23)/t13-/m1/s1. The molecule has 2 N–H and O–H groups in total. The van der Waals surface area contributed by atoms with Crippen molar-refractivity contribution in [3.8, 4) is 5.75 Å². The molecular formula is C16H15F3N2O3. The van der Waals surface area contributed by atoms with Crippen molar-refractivity contribution in [3.63, 3.8) is 0 Å². The van der Waals surface area contributed by atoms with E-state index in [0.29, 0.717) is 5.56 Å². The minimum absolute atomic E-state index is 0.0611. The third-order valence-electron chi connectivity index (χ3n) is 3.05. The fourth-order valence-electron chi connectivity index (χ4n) is 1.80. The molecule has 8 heteroatoms. The van der Waals surface area contributed by atoms with Crippen LogP contribution in [-0.2, 0) is 6.18 Å². The van der Waals surface area contributed by atoms with Crippen LogP contribution in [0.5, 0.6) is 5.75 Å². The number of aliphatic hydroxyl groups excluding tert-OH is 1. The van der Waals surface area contributed by atoms with Gasteiger partial charge in [-0.1, -0.05) is 0 Å². The number of carbonyl (C=O) groups is 1. The number of pyridine rings is 1. The third kappa shape index (κ3) is 5.24. The summed E-state index contributed by atoms with van der Waals surface area (Å²) in [6.07, 6.45) is -2.49. The molecule has 5 nitrogen and oxygen atoms in total. The lowest BCUT2D eigenvalue weighted by Gasteiger charge is -2.14. The molecule has 1 amide bonds. The predicted octanol–water partition coefficient (Wildman–Crippen LogP) is 2.27. The van der Waals surface area contributed by atoms with E-state index < -0.39 is 23.8 Å². The molecule has 1 aromatic heterocycles. The van der Waals surface area contributed by atoms with E-state index in [4.69, 9.17) is 4.74 Å². The minimum Gasteiger partial charge on any atom is -0.491 e. The number of hydrogen-bond acceptors (Lipinski definition) is 4. The second-order valence-corrected chi connectivity index (χ2v) is 4.94. The monoisotopic (exact) mass is 340 g/mol. The Bertz CT molecular complexity index is 661. The van der Waals surface area contributed by atoms with Crippen LogP contribution in [0.2, 0.25) is 0 Å². The molecule has 0 aliphatic heterocycles. The predicted molar refractivity (Wildman–Crippen MR) is 79.5 cm³/mol. The van der Waals surface area contributed by atoms with Crippen LogP contribution in [0.15, 0.2) is 48.8 Å². The van der Waals surface area contributed by atoms with Crippen molar-refractivity contribution >= 4 is 5.91 Å². The van der Waals surface area contributed by atoms with Crippen molar-refractivity contribution in [2.24, 2.45) is 0 Å². The molecule has 0 aliphatic rings. The Morgan fingerprint density at radius 1 is 1.25 bits per heavy atom. The average Bonchev–Trinajstić information content (AvgIpc) is 2.58. The number of nitrogens with zero attached hydrogens (tertiary/aromatic N) is 1. The Balaban J connectivity index is 1.77. The molecule has 2 aromatic rings. The van der Waals surface area contributed by atoms with Crippen LogP contribution in [0.25, 0.3) is 0 Å². The van der Waals surface area contributed by atoms with E-state index in [1.165, 1.54) is 24.5 Å². The number of aromatic nitrogens is 1. The summed E-state index contributed by atoms with van der Waals surface area (Å²) in [7, 11) is 0. The first kappa shape index (κ1) is 17.7. The Kier molecular flexibility index (Phi) is 5.75. The van der Waals surface area contributed by atoms with Crippen molar-refractivity contribution in [1.82, 2.24) is 10.3 Å². The van der Waals surface area contributed by atoms with E-state index in [9.17, 15) is 23.1 Å². The molecule has 0 saturated carbocycles. The highest BCUT2D eigenvalue weighted by atomic mass is 19.4. The molecule has 0 unspecified atom stereocenters. The number of halogens is 3. The van der Waals surface area contributed by atoms with Gasteiger partial charge in [0.2, 0.25) is 0 Å². The summed E-state index contributed by atoms with van der Waals surface area (Å²) in [6.45, 7) is -0.229. The topological polar surface area (TPSA) is 71.5 Å². The molecule has 128 valence electrons. The smallest absolute Gasteiger partial charge is 0.416 e. The van der Waals surface area contributed by atoms with E-state index in [1.807, 2.05) is 0 Å². The Labute approximate surface area is 136 Å². The number of aliphatic hydroxyl groups is 1. The number of rotatable bonds is 6. The second kappa shape index (κ2) is 7.78. The highest BCUT2D eigenvalue weighted by Gasteiger charge is 2.30. The molecule has 0 aliphatic carbocycles. The Morgan fingerprint density at radius 2 is 1.96 bits per heavy atom. The van der Waals surface area contributed by atoms with Crippen molar-refractivity contribution < 1.29 is 27.8 Å². The van der Waals surface area contributed by atoms with Crippen LogP contribution in [0, 0.1) is 0 Å². The van der Waals surface area contributed by atoms with E-state index >= 15 is 0 Å². The lowest BCUT2D eigenvalue weighted by molar-refractivity contribution is -0.137. The molecule has 0 saturated heterocycles.